The van der Waals surface area contributed by atoms with Crippen LogP contribution in [0.15, 0.2) is 24.3 Å². The molecule has 6 heteroatoms. The average molecular weight is 321 g/mol. The molecule has 1 aromatic carbocycles. The standard InChI is InChI=1S/C16H20FN3OS/c1-21-10-9-14-18-16(22-20-14)19-15(11-3-2-4-11)12-5-7-13(17)8-6-12/h5-8,11,15H,2-4,9-10H2,1H3,(H,18,19,20). The van der Waals surface area contributed by atoms with Crippen molar-refractivity contribution in [3.05, 3.63) is 41.5 Å². The summed E-state index contributed by atoms with van der Waals surface area (Å²) >= 11 is 1.38. The van der Waals surface area contributed by atoms with Crippen LogP contribution in [0.1, 0.15) is 36.7 Å². The van der Waals surface area contributed by atoms with E-state index >= 15 is 0 Å². The lowest BCUT2D eigenvalue weighted by Gasteiger charge is -2.34. The molecule has 4 nitrogen and oxygen atoms in total. The number of anilines is 1. The molecule has 1 atom stereocenters. The van der Waals surface area contributed by atoms with Gasteiger partial charge in [-0.1, -0.05) is 18.6 Å². The molecule has 0 spiro atoms. The Balaban J connectivity index is 1.72. The number of nitrogens with one attached hydrogen (secondary N) is 1. The van der Waals surface area contributed by atoms with Gasteiger partial charge < -0.3 is 10.1 Å². The van der Waals surface area contributed by atoms with E-state index in [2.05, 4.69) is 14.7 Å². The van der Waals surface area contributed by atoms with Crippen LogP contribution in [0, 0.1) is 11.7 Å². The summed E-state index contributed by atoms with van der Waals surface area (Å²) in [5, 5.41) is 4.32. The maximum Gasteiger partial charge on any atom is 0.203 e. The molecule has 1 fully saturated rings. The monoisotopic (exact) mass is 321 g/mol. The number of hydrogen-bond donors (Lipinski definition) is 1. The van der Waals surface area contributed by atoms with E-state index in [0.29, 0.717) is 12.5 Å². The van der Waals surface area contributed by atoms with Gasteiger partial charge in [0.15, 0.2) is 0 Å². The van der Waals surface area contributed by atoms with Gasteiger partial charge >= 0.3 is 0 Å². The minimum atomic E-state index is -0.200. The van der Waals surface area contributed by atoms with Gasteiger partial charge in [0, 0.05) is 25.1 Å². The Morgan fingerprint density at radius 3 is 2.77 bits per heavy atom. The Morgan fingerprint density at radius 2 is 2.14 bits per heavy atom. The van der Waals surface area contributed by atoms with Crippen molar-refractivity contribution in [1.29, 1.82) is 0 Å². The predicted octanol–water partition coefficient (Wildman–Crippen LogP) is 3.82. The summed E-state index contributed by atoms with van der Waals surface area (Å²) in [7, 11) is 1.67. The molecule has 2 aromatic rings. The van der Waals surface area contributed by atoms with Gasteiger partial charge in [0.25, 0.3) is 0 Å². The average Bonchev–Trinajstić information content (AvgIpc) is 2.91. The lowest BCUT2D eigenvalue weighted by molar-refractivity contribution is 0.201. The van der Waals surface area contributed by atoms with Crippen molar-refractivity contribution < 1.29 is 9.13 Å². The minimum Gasteiger partial charge on any atom is -0.384 e. The summed E-state index contributed by atoms with van der Waals surface area (Å²) in [6.07, 6.45) is 4.38. The molecule has 0 saturated heterocycles. The van der Waals surface area contributed by atoms with E-state index in [9.17, 15) is 4.39 Å². The molecule has 118 valence electrons. The molecular formula is C16H20FN3OS. The van der Waals surface area contributed by atoms with Gasteiger partial charge in [0.05, 0.1) is 12.6 Å². The molecule has 3 rings (SSSR count). The zero-order valence-corrected chi connectivity index (χ0v) is 13.4. The summed E-state index contributed by atoms with van der Waals surface area (Å²) < 4.78 is 22.5. The Kier molecular flexibility index (Phi) is 5.00. The number of nitrogens with zero attached hydrogens (tertiary/aromatic N) is 2. The third-order valence-corrected chi connectivity index (χ3v) is 4.81. The molecule has 1 heterocycles. The van der Waals surface area contributed by atoms with Gasteiger partial charge in [0.2, 0.25) is 5.13 Å². The van der Waals surface area contributed by atoms with Gasteiger partial charge in [0.1, 0.15) is 11.6 Å². The van der Waals surface area contributed by atoms with Gasteiger partial charge in [-0.15, -0.1) is 0 Å². The third kappa shape index (κ3) is 3.62. The SMILES string of the molecule is COCCc1nsc(NC(c2ccc(F)cc2)C2CCC2)n1. The molecule has 22 heavy (non-hydrogen) atoms. The van der Waals surface area contributed by atoms with Gasteiger partial charge in [-0.3, -0.25) is 0 Å². The lowest BCUT2D eigenvalue weighted by Crippen LogP contribution is -2.26. The van der Waals surface area contributed by atoms with Crippen LogP contribution in [0.3, 0.4) is 0 Å². The quantitative estimate of drug-likeness (QED) is 0.842. The fourth-order valence-corrected chi connectivity index (χ4v) is 3.31. The first-order valence-electron chi connectivity index (χ1n) is 7.60. The summed E-state index contributed by atoms with van der Waals surface area (Å²) in [4.78, 5) is 4.51. The van der Waals surface area contributed by atoms with Crippen LogP contribution in [0.5, 0.6) is 0 Å². The first-order chi connectivity index (χ1) is 10.8. The van der Waals surface area contributed by atoms with Crippen molar-refractivity contribution in [2.45, 2.75) is 31.7 Å². The van der Waals surface area contributed by atoms with Crippen molar-refractivity contribution in [2.24, 2.45) is 5.92 Å². The zero-order valence-electron chi connectivity index (χ0n) is 12.6. The van der Waals surface area contributed by atoms with Gasteiger partial charge in [-0.25, -0.2) is 9.37 Å². The highest BCUT2D eigenvalue weighted by Crippen LogP contribution is 2.40. The van der Waals surface area contributed by atoms with Crippen LogP contribution in [-0.2, 0) is 11.2 Å². The Bertz CT molecular complexity index is 598. The van der Waals surface area contributed by atoms with Gasteiger partial charge in [-0.2, -0.15) is 4.37 Å². The third-order valence-electron chi connectivity index (χ3n) is 4.13. The largest absolute Gasteiger partial charge is 0.384 e. The second-order valence-electron chi connectivity index (χ2n) is 5.62. The molecule has 0 radical (unpaired) electrons. The van der Waals surface area contributed by atoms with E-state index in [4.69, 9.17) is 4.74 Å². The molecule has 1 aliphatic carbocycles. The van der Waals surface area contributed by atoms with E-state index in [0.717, 1.165) is 22.9 Å². The topological polar surface area (TPSA) is 47.0 Å². The number of aromatic nitrogens is 2. The lowest BCUT2D eigenvalue weighted by atomic mass is 9.77. The number of hydrogen-bond acceptors (Lipinski definition) is 5. The molecule has 1 saturated carbocycles. The molecule has 0 bridgehead atoms. The Morgan fingerprint density at radius 1 is 1.36 bits per heavy atom. The second kappa shape index (κ2) is 7.15. The Hall–Kier alpha value is -1.53. The fraction of sp³-hybridized carbons (Fsp3) is 0.500. The molecule has 0 aliphatic heterocycles. The van der Waals surface area contributed by atoms with Crippen LogP contribution >= 0.6 is 11.5 Å². The number of rotatable bonds is 7. The van der Waals surface area contributed by atoms with E-state index in [-0.39, 0.29) is 11.9 Å². The van der Waals surface area contributed by atoms with Crippen LogP contribution in [0.25, 0.3) is 0 Å². The maximum absolute atomic E-state index is 13.1. The smallest absolute Gasteiger partial charge is 0.203 e. The van der Waals surface area contributed by atoms with Crippen LogP contribution < -0.4 is 5.32 Å². The molecule has 1 aromatic heterocycles. The van der Waals surface area contributed by atoms with Gasteiger partial charge in [-0.05, 0) is 36.5 Å². The minimum absolute atomic E-state index is 0.178. The van der Waals surface area contributed by atoms with E-state index in [1.165, 1.54) is 42.9 Å². The van der Waals surface area contributed by atoms with Crippen LogP contribution in [0.4, 0.5) is 9.52 Å². The predicted molar refractivity (Wildman–Crippen MR) is 85.6 cm³/mol. The number of benzene rings is 1. The highest BCUT2D eigenvalue weighted by molar-refractivity contribution is 7.09. The normalized spacial score (nSPS) is 16.3. The van der Waals surface area contributed by atoms with Crippen LogP contribution in [0.2, 0.25) is 0 Å². The molecular weight excluding hydrogens is 301 g/mol. The maximum atomic E-state index is 13.1. The van der Waals surface area contributed by atoms with E-state index in [1.807, 2.05) is 12.1 Å². The summed E-state index contributed by atoms with van der Waals surface area (Å²) in [6.45, 7) is 0.625. The summed E-state index contributed by atoms with van der Waals surface area (Å²) in [5.41, 5.74) is 1.11. The zero-order chi connectivity index (χ0) is 15.4. The van der Waals surface area contributed by atoms with Crippen molar-refractivity contribution >= 4 is 16.7 Å². The number of methoxy groups -OCH3 is 1. The van der Waals surface area contributed by atoms with E-state index in [1.54, 1.807) is 7.11 Å². The highest BCUT2D eigenvalue weighted by Gasteiger charge is 2.29. The first kappa shape index (κ1) is 15.4. The summed E-state index contributed by atoms with van der Waals surface area (Å²) in [6, 6.07) is 6.94. The number of ether oxygens (including phenoxy) is 1. The van der Waals surface area contributed by atoms with Crippen molar-refractivity contribution in [3.8, 4) is 0 Å². The molecule has 1 N–H and O–H groups in total. The molecule has 1 aliphatic rings. The highest BCUT2D eigenvalue weighted by atomic mass is 32.1. The van der Waals surface area contributed by atoms with Crippen molar-refractivity contribution in [1.82, 2.24) is 9.36 Å². The Labute approximate surface area is 133 Å². The van der Waals surface area contributed by atoms with E-state index < -0.39 is 0 Å². The fourth-order valence-electron chi connectivity index (χ4n) is 2.66. The second-order valence-corrected chi connectivity index (χ2v) is 6.37. The van der Waals surface area contributed by atoms with Crippen molar-refractivity contribution in [3.63, 3.8) is 0 Å². The molecule has 0 amide bonds. The van der Waals surface area contributed by atoms with Crippen molar-refractivity contribution in [2.75, 3.05) is 19.0 Å². The molecule has 1 unspecified atom stereocenters. The van der Waals surface area contributed by atoms with Crippen LogP contribution in [-0.4, -0.2) is 23.1 Å². The summed E-state index contributed by atoms with van der Waals surface area (Å²) in [5.74, 6) is 1.19. The first-order valence-corrected chi connectivity index (χ1v) is 8.37. The number of halogens is 1.